The van der Waals surface area contributed by atoms with Gasteiger partial charge in [0.25, 0.3) is 0 Å². The topological polar surface area (TPSA) is 3.24 Å². The first-order chi connectivity index (χ1) is 12.1. The van der Waals surface area contributed by atoms with Gasteiger partial charge in [-0.2, -0.15) is 0 Å². The van der Waals surface area contributed by atoms with Crippen molar-refractivity contribution in [2.75, 3.05) is 4.90 Å². The molecule has 1 fully saturated rings. The van der Waals surface area contributed by atoms with Gasteiger partial charge in [-0.05, 0) is 61.6 Å². The predicted molar refractivity (Wildman–Crippen MR) is 113 cm³/mol. The van der Waals surface area contributed by atoms with Crippen LogP contribution in [0.5, 0.6) is 0 Å². The van der Waals surface area contributed by atoms with E-state index in [1.807, 2.05) is 0 Å². The molecule has 2 heterocycles. The quantitative estimate of drug-likeness (QED) is 0.504. The Morgan fingerprint density at radius 2 is 1.62 bits per heavy atom. The third-order valence-corrected chi connectivity index (χ3v) is 8.87. The first-order valence-electron chi connectivity index (χ1n) is 10.7. The Kier molecular flexibility index (Phi) is 3.93. The molecule has 4 rings (SSSR count). The summed E-state index contributed by atoms with van der Waals surface area (Å²) >= 11 is 0. The summed E-state index contributed by atoms with van der Waals surface area (Å²) in [6.07, 6.45) is 9.76. The van der Waals surface area contributed by atoms with E-state index in [2.05, 4.69) is 77.6 Å². The number of anilines is 1. The van der Waals surface area contributed by atoms with Crippen LogP contribution in [0, 0.1) is 18.3 Å². The number of hydrogen-bond donors (Lipinski definition) is 0. The van der Waals surface area contributed by atoms with Crippen LogP contribution < -0.4 is 4.90 Å². The van der Waals surface area contributed by atoms with Crippen LogP contribution in [0.3, 0.4) is 0 Å². The van der Waals surface area contributed by atoms with Crippen molar-refractivity contribution in [3.05, 3.63) is 41.0 Å². The van der Waals surface area contributed by atoms with Gasteiger partial charge in [-0.15, -0.1) is 0 Å². The number of benzene rings is 1. The number of rotatable bonds is 1. The molecule has 0 bridgehead atoms. The summed E-state index contributed by atoms with van der Waals surface area (Å²) in [7, 11) is 0. The average Bonchev–Trinajstić information content (AvgIpc) is 2.87. The van der Waals surface area contributed by atoms with Crippen LogP contribution in [0.15, 0.2) is 29.8 Å². The molecule has 2 aliphatic heterocycles. The predicted octanol–water partition coefficient (Wildman–Crippen LogP) is 6.79. The summed E-state index contributed by atoms with van der Waals surface area (Å²) in [5.74, 6) is 0.799. The van der Waals surface area contributed by atoms with Crippen LogP contribution in [0.25, 0.3) is 0 Å². The lowest BCUT2D eigenvalue weighted by Crippen LogP contribution is -2.65. The van der Waals surface area contributed by atoms with Crippen molar-refractivity contribution in [2.45, 2.75) is 97.6 Å². The molecule has 1 nitrogen and oxygen atoms in total. The molecule has 2 unspecified atom stereocenters. The van der Waals surface area contributed by atoms with E-state index >= 15 is 0 Å². The van der Waals surface area contributed by atoms with E-state index < -0.39 is 0 Å². The Hall–Kier alpha value is -1.24. The zero-order valence-corrected chi connectivity index (χ0v) is 17.9. The van der Waals surface area contributed by atoms with Gasteiger partial charge in [0.1, 0.15) is 0 Å². The highest BCUT2D eigenvalue weighted by Gasteiger charge is 2.61. The van der Waals surface area contributed by atoms with Gasteiger partial charge in [0.2, 0.25) is 0 Å². The van der Waals surface area contributed by atoms with Gasteiger partial charge in [-0.1, -0.05) is 71.2 Å². The summed E-state index contributed by atoms with van der Waals surface area (Å²) in [4.78, 5) is 2.80. The Bertz CT molecular complexity index is 747. The van der Waals surface area contributed by atoms with Gasteiger partial charge in [0.05, 0.1) is 5.54 Å². The molecule has 1 aromatic carbocycles. The molecule has 1 aliphatic carbocycles. The summed E-state index contributed by atoms with van der Waals surface area (Å²) in [6, 6.07) is 7.46. The zero-order chi connectivity index (χ0) is 18.9. The average molecular weight is 352 g/mol. The largest absolute Gasteiger partial charge is 0.355 e. The number of aryl methyl sites for hydroxylation is 1. The number of nitrogens with zero attached hydrogens (tertiary/aromatic N) is 1. The standard InChI is InChI=1S/C25H37N/c1-17-12-11-15-21-22(17)26-18(2)20(19-13-9-8-10-14-19)16-25(26,7)24(5,6)23(21,3)4/h11-12,15-16,18-19H,8-10,13-14H2,1-7H3. The second-order valence-corrected chi connectivity index (χ2v) is 10.4. The molecular weight excluding hydrogens is 314 g/mol. The fraction of sp³-hybridized carbons (Fsp3) is 0.680. The highest BCUT2D eigenvalue weighted by molar-refractivity contribution is 5.71. The lowest BCUT2D eigenvalue weighted by molar-refractivity contribution is 0.0983. The molecular formula is C25H37N. The minimum absolute atomic E-state index is 0.0712. The van der Waals surface area contributed by atoms with Crippen molar-refractivity contribution >= 4 is 5.69 Å². The van der Waals surface area contributed by atoms with Gasteiger partial charge < -0.3 is 4.90 Å². The maximum absolute atomic E-state index is 2.80. The fourth-order valence-corrected chi connectivity index (χ4v) is 6.32. The summed E-state index contributed by atoms with van der Waals surface area (Å²) in [6.45, 7) is 17.2. The third kappa shape index (κ3) is 2.09. The van der Waals surface area contributed by atoms with Gasteiger partial charge in [0.15, 0.2) is 0 Å². The second-order valence-electron chi connectivity index (χ2n) is 10.4. The maximum atomic E-state index is 2.80. The maximum Gasteiger partial charge on any atom is 0.0625 e. The number of hydrogen-bond acceptors (Lipinski definition) is 1. The van der Waals surface area contributed by atoms with Gasteiger partial charge in [-0.25, -0.2) is 0 Å². The van der Waals surface area contributed by atoms with Crippen molar-refractivity contribution in [1.82, 2.24) is 0 Å². The van der Waals surface area contributed by atoms with Gasteiger partial charge >= 0.3 is 0 Å². The fourth-order valence-electron chi connectivity index (χ4n) is 6.32. The molecule has 0 amide bonds. The molecule has 0 radical (unpaired) electrons. The van der Waals surface area contributed by atoms with E-state index in [0.29, 0.717) is 6.04 Å². The highest BCUT2D eigenvalue weighted by atomic mass is 15.3. The minimum Gasteiger partial charge on any atom is -0.355 e. The van der Waals surface area contributed by atoms with E-state index in [-0.39, 0.29) is 16.4 Å². The third-order valence-electron chi connectivity index (χ3n) is 8.87. The van der Waals surface area contributed by atoms with E-state index in [4.69, 9.17) is 0 Å². The van der Waals surface area contributed by atoms with Crippen molar-refractivity contribution in [3.8, 4) is 0 Å². The van der Waals surface area contributed by atoms with Crippen molar-refractivity contribution < 1.29 is 0 Å². The summed E-state index contributed by atoms with van der Waals surface area (Å²) in [5, 5.41) is 0. The van der Waals surface area contributed by atoms with Crippen molar-refractivity contribution in [3.63, 3.8) is 0 Å². The van der Waals surface area contributed by atoms with E-state index in [1.165, 1.54) is 48.9 Å². The molecule has 3 aliphatic rings. The van der Waals surface area contributed by atoms with Crippen molar-refractivity contribution in [2.24, 2.45) is 11.3 Å². The summed E-state index contributed by atoms with van der Waals surface area (Å²) in [5.41, 5.74) is 6.57. The first-order valence-corrected chi connectivity index (χ1v) is 10.7. The number of para-hydroxylation sites is 1. The minimum atomic E-state index is 0.0712. The SMILES string of the molecule is Cc1cccc2c1N1C(C)C(C3CCCCC3)=CC1(C)C(C)(C)C2(C)C. The molecule has 1 aromatic rings. The van der Waals surface area contributed by atoms with Crippen LogP contribution in [0.1, 0.15) is 84.8 Å². The van der Waals surface area contributed by atoms with E-state index in [9.17, 15) is 0 Å². The molecule has 142 valence electrons. The molecule has 0 saturated heterocycles. The van der Waals surface area contributed by atoms with E-state index in [1.54, 1.807) is 5.57 Å². The molecule has 1 heteroatoms. The van der Waals surface area contributed by atoms with Gasteiger partial charge in [-0.3, -0.25) is 0 Å². The van der Waals surface area contributed by atoms with Gasteiger partial charge in [0, 0.05) is 17.1 Å². The zero-order valence-electron chi connectivity index (χ0n) is 17.9. The molecule has 0 N–H and O–H groups in total. The van der Waals surface area contributed by atoms with Crippen LogP contribution >= 0.6 is 0 Å². The first kappa shape index (κ1) is 18.1. The molecule has 26 heavy (non-hydrogen) atoms. The molecule has 0 spiro atoms. The Balaban J connectivity index is 1.93. The molecule has 1 saturated carbocycles. The highest BCUT2D eigenvalue weighted by Crippen LogP contribution is 2.62. The van der Waals surface area contributed by atoms with Crippen LogP contribution in [-0.4, -0.2) is 11.6 Å². The lowest BCUT2D eigenvalue weighted by atomic mass is 9.52. The van der Waals surface area contributed by atoms with E-state index in [0.717, 1.165) is 5.92 Å². The molecule has 0 aromatic heterocycles. The molecule has 2 atom stereocenters. The smallest absolute Gasteiger partial charge is 0.0625 e. The number of fused-ring (bicyclic) bond motifs is 3. The Labute approximate surface area is 160 Å². The van der Waals surface area contributed by atoms with Crippen LogP contribution in [0.2, 0.25) is 0 Å². The second kappa shape index (κ2) is 5.63. The van der Waals surface area contributed by atoms with Crippen LogP contribution in [-0.2, 0) is 5.41 Å². The van der Waals surface area contributed by atoms with Crippen LogP contribution in [0.4, 0.5) is 5.69 Å². The summed E-state index contributed by atoms with van der Waals surface area (Å²) < 4.78 is 0. The normalized spacial score (nSPS) is 32.8. The Morgan fingerprint density at radius 3 is 2.27 bits per heavy atom. The monoisotopic (exact) mass is 351 g/mol. The lowest BCUT2D eigenvalue weighted by Gasteiger charge is -2.62. The van der Waals surface area contributed by atoms with Crippen molar-refractivity contribution in [1.29, 1.82) is 0 Å². The Morgan fingerprint density at radius 1 is 0.962 bits per heavy atom.